The van der Waals surface area contributed by atoms with Crippen LogP contribution in [-0.4, -0.2) is 39.6 Å². The van der Waals surface area contributed by atoms with Crippen molar-refractivity contribution in [3.05, 3.63) is 35.9 Å². The predicted octanol–water partition coefficient (Wildman–Crippen LogP) is 2.44. The van der Waals surface area contributed by atoms with Crippen molar-refractivity contribution in [3.8, 4) is 11.3 Å². The minimum atomic E-state index is 0.807. The van der Waals surface area contributed by atoms with Gasteiger partial charge in [-0.1, -0.05) is 29.8 Å². The van der Waals surface area contributed by atoms with Gasteiger partial charge >= 0.3 is 0 Å². The number of rotatable bonds is 1. The zero-order valence-corrected chi connectivity index (χ0v) is 11.5. The summed E-state index contributed by atoms with van der Waals surface area (Å²) in [5.74, 6) is 2.74. The van der Waals surface area contributed by atoms with Crippen molar-refractivity contribution in [1.82, 2.24) is 14.7 Å². The molecule has 4 rings (SSSR count). The molecule has 0 spiro atoms. The van der Waals surface area contributed by atoms with Crippen LogP contribution >= 0.6 is 0 Å². The molecule has 20 heavy (non-hydrogen) atoms. The molecule has 0 unspecified atom stereocenters. The lowest BCUT2D eigenvalue weighted by atomic mass is 10.1. The third kappa shape index (κ3) is 1.59. The summed E-state index contributed by atoms with van der Waals surface area (Å²) in [6, 6.07) is 10.4. The molecule has 1 aromatic carbocycles. The molecule has 0 atom stereocenters. The fraction of sp³-hybridized carbons (Fsp3) is 0.267. The van der Waals surface area contributed by atoms with Gasteiger partial charge in [0.15, 0.2) is 5.82 Å². The van der Waals surface area contributed by atoms with E-state index in [0.717, 1.165) is 42.0 Å². The molecule has 2 aliphatic rings. The molecule has 5 heteroatoms. The van der Waals surface area contributed by atoms with E-state index in [1.165, 1.54) is 5.56 Å². The Morgan fingerprint density at radius 2 is 1.90 bits per heavy atom. The van der Waals surface area contributed by atoms with Gasteiger partial charge in [-0.3, -0.25) is 4.90 Å². The molecular weight excluding hydrogens is 250 g/mol. The molecule has 100 valence electrons. The molecule has 5 nitrogen and oxygen atoms in total. The summed E-state index contributed by atoms with van der Waals surface area (Å²) in [7, 11) is 0. The van der Waals surface area contributed by atoms with Crippen LogP contribution in [0.2, 0.25) is 0 Å². The van der Waals surface area contributed by atoms with Crippen molar-refractivity contribution >= 4 is 17.6 Å². The van der Waals surface area contributed by atoms with E-state index in [1.54, 1.807) is 0 Å². The first-order chi connectivity index (χ1) is 9.72. The summed E-state index contributed by atoms with van der Waals surface area (Å²) in [4.78, 5) is 11.3. The second-order valence-electron chi connectivity index (χ2n) is 5.16. The monoisotopic (exact) mass is 265 g/mol. The molecule has 0 amide bonds. The van der Waals surface area contributed by atoms with Crippen molar-refractivity contribution in [2.24, 2.45) is 9.98 Å². The molecule has 0 saturated carbocycles. The largest absolute Gasteiger partial charge is 0.297 e. The number of hydrogen-bond acceptors (Lipinski definition) is 4. The normalized spacial score (nSPS) is 16.6. The summed E-state index contributed by atoms with van der Waals surface area (Å²) in [6.45, 7) is 5.80. The van der Waals surface area contributed by atoms with Crippen LogP contribution in [0.3, 0.4) is 0 Å². The zero-order chi connectivity index (χ0) is 13.7. The Balaban J connectivity index is 1.84. The number of aromatic nitrogens is 2. The van der Waals surface area contributed by atoms with Gasteiger partial charge in [0, 0.05) is 18.2 Å². The molecular formula is C15H15N5. The summed E-state index contributed by atoms with van der Waals surface area (Å²) in [5.41, 5.74) is 3.29. The second-order valence-corrected chi connectivity index (χ2v) is 5.16. The van der Waals surface area contributed by atoms with Crippen LogP contribution in [0.25, 0.3) is 11.3 Å². The summed E-state index contributed by atoms with van der Waals surface area (Å²) in [6.07, 6.45) is 0. The lowest BCUT2D eigenvalue weighted by Gasteiger charge is -2.23. The topological polar surface area (TPSA) is 45.8 Å². The minimum absolute atomic E-state index is 0.807. The lowest BCUT2D eigenvalue weighted by molar-refractivity contribution is 0.618. The van der Waals surface area contributed by atoms with E-state index in [1.807, 2.05) is 17.7 Å². The second kappa shape index (κ2) is 4.03. The van der Waals surface area contributed by atoms with E-state index < -0.39 is 0 Å². The van der Waals surface area contributed by atoms with Crippen LogP contribution in [-0.2, 0) is 0 Å². The Labute approximate surface area is 117 Å². The van der Waals surface area contributed by atoms with Crippen molar-refractivity contribution < 1.29 is 0 Å². The molecule has 0 radical (unpaired) electrons. The summed E-state index contributed by atoms with van der Waals surface area (Å²) in [5, 5.41) is 4.66. The Morgan fingerprint density at radius 1 is 1.10 bits per heavy atom. The molecule has 2 aliphatic heterocycles. The van der Waals surface area contributed by atoms with E-state index in [-0.39, 0.29) is 0 Å². The number of fused-ring (bicyclic) bond motifs is 3. The van der Waals surface area contributed by atoms with Gasteiger partial charge in [0.05, 0.1) is 12.2 Å². The molecule has 0 N–H and O–H groups in total. The van der Waals surface area contributed by atoms with Crippen molar-refractivity contribution in [2.75, 3.05) is 13.1 Å². The quantitative estimate of drug-likeness (QED) is 0.795. The maximum atomic E-state index is 4.66. The highest BCUT2D eigenvalue weighted by molar-refractivity contribution is 6.05. The molecule has 0 bridgehead atoms. The Morgan fingerprint density at radius 3 is 2.70 bits per heavy atom. The highest BCUT2D eigenvalue weighted by Gasteiger charge is 2.28. The summed E-state index contributed by atoms with van der Waals surface area (Å²) >= 11 is 0. The van der Waals surface area contributed by atoms with Gasteiger partial charge in [-0.25, -0.2) is 9.98 Å². The van der Waals surface area contributed by atoms with Crippen LogP contribution < -0.4 is 0 Å². The maximum absolute atomic E-state index is 4.66. The van der Waals surface area contributed by atoms with E-state index in [2.05, 4.69) is 51.2 Å². The number of benzene rings is 1. The SMILES string of the molecule is CC1=Nc2cc(-c3ccc(C)cc3)nn2C2=NCCN12. The lowest BCUT2D eigenvalue weighted by Crippen LogP contribution is -2.39. The first kappa shape index (κ1) is 11.4. The van der Waals surface area contributed by atoms with Crippen molar-refractivity contribution in [2.45, 2.75) is 13.8 Å². The van der Waals surface area contributed by atoms with Crippen LogP contribution in [0.4, 0.5) is 5.82 Å². The van der Waals surface area contributed by atoms with Gasteiger partial charge in [0.25, 0.3) is 0 Å². The Kier molecular flexibility index (Phi) is 2.30. The molecule has 0 fully saturated rings. The fourth-order valence-electron chi connectivity index (χ4n) is 2.61. The van der Waals surface area contributed by atoms with Crippen molar-refractivity contribution in [3.63, 3.8) is 0 Å². The number of aliphatic imine (C=N–C) groups is 2. The maximum Gasteiger partial charge on any atom is 0.229 e. The van der Waals surface area contributed by atoms with Gasteiger partial charge in [-0.2, -0.15) is 9.78 Å². The van der Waals surface area contributed by atoms with Gasteiger partial charge in [-0.15, -0.1) is 0 Å². The number of nitrogens with zero attached hydrogens (tertiary/aromatic N) is 5. The predicted molar refractivity (Wildman–Crippen MR) is 79.6 cm³/mol. The third-order valence-corrected chi connectivity index (χ3v) is 3.71. The highest BCUT2D eigenvalue weighted by Crippen LogP contribution is 2.28. The molecule has 1 aromatic heterocycles. The van der Waals surface area contributed by atoms with Crippen molar-refractivity contribution in [1.29, 1.82) is 0 Å². The van der Waals surface area contributed by atoms with Crippen LogP contribution in [0.1, 0.15) is 12.5 Å². The van der Waals surface area contributed by atoms with Crippen LogP contribution in [0.5, 0.6) is 0 Å². The average molecular weight is 265 g/mol. The average Bonchev–Trinajstić information content (AvgIpc) is 3.05. The number of aryl methyl sites for hydroxylation is 1. The van der Waals surface area contributed by atoms with E-state index >= 15 is 0 Å². The summed E-state index contributed by atoms with van der Waals surface area (Å²) < 4.78 is 1.84. The highest BCUT2D eigenvalue weighted by atomic mass is 15.5. The standard InChI is InChI=1S/C15H15N5/c1-10-3-5-12(6-4-10)13-9-14-17-11(2)19-8-7-16-15(19)20(14)18-13/h3-6,9H,7-8H2,1-2H3. The smallest absolute Gasteiger partial charge is 0.229 e. The zero-order valence-electron chi connectivity index (χ0n) is 11.5. The minimum Gasteiger partial charge on any atom is -0.297 e. The first-order valence-corrected chi connectivity index (χ1v) is 6.77. The van der Waals surface area contributed by atoms with E-state index in [0.29, 0.717) is 0 Å². The van der Waals surface area contributed by atoms with E-state index in [4.69, 9.17) is 0 Å². The van der Waals surface area contributed by atoms with Gasteiger partial charge in [0.1, 0.15) is 5.84 Å². The molecule has 2 aromatic rings. The molecule has 0 saturated heterocycles. The van der Waals surface area contributed by atoms with Gasteiger partial charge in [-0.05, 0) is 13.8 Å². The van der Waals surface area contributed by atoms with Gasteiger partial charge < -0.3 is 0 Å². The Hall–Kier alpha value is -2.43. The Bertz CT molecular complexity index is 736. The van der Waals surface area contributed by atoms with E-state index in [9.17, 15) is 0 Å². The number of amidine groups is 1. The van der Waals surface area contributed by atoms with Crippen LogP contribution in [0, 0.1) is 6.92 Å². The molecule has 0 aliphatic carbocycles. The molecule has 3 heterocycles. The van der Waals surface area contributed by atoms with Crippen LogP contribution in [0.15, 0.2) is 40.3 Å². The fourth-order valence-corrected chi connectivity index (χ4v) is 2.61. The number of hydrogen-bond donors (Lipinski definition) is 0. The van der Waals surface area contributed by atoms with Gasteiger partial charge in [0.2, 0.25) is 5.96 Å². The third-order valence-electron chi connectivity index (χ3n) is 3.71. The first-order valence-electron chi connectivity index (χ1n) is 6.77.